The van der Waals surface area contributed by atoms with Crippen molar-refractivity contribution in [2.45, 2.75) is 6.92 Å². The van der Waals surface area contributed by atoms with Gasteiger partial charge >= 0.3 is 0 Å². The smallest absolute Gasteiger partial charge is 0.283 e. The number of aryl methyl sites for hydroxylation is 1. The van der Waals surface area contributed by atoms with Gasteiger partial charge in [0.1, 0.15) is 4.88 Å². The van der Waals surface area contributed by atoms with Gasteiger partial charge in [-0.1, -0.05) is 23.7 Å². The first-order valence-corrected chi connectivity index (χ1v) is 8.97. The van der Waals surface area contributed by atoms with E-state index < -0.39 is 0 Å². The summed E-state index contributed by atoms with van der Waals surface area (Å²) < 4.78 is 11.4. The zero-order valence-corrected chi connectivity index (χ0v) is 16.1. The van der Waals surface area contributed by atoms with Crippen molar-refractivity contribution in [1.82, 2.24) is 5.43 Å². The van der Waals surface area contributed by atoms with Crippen LogP contribution in [0.5, 0.6) is 11.5 Å². The van der Waals surface area contributed by atoms with Crippen molar-refractivity contribution >= 4 is 45.1 Å². The van der Waals surface area contributed by atoms with E-state index in [9.17, 15) is 4.79 Å². The number of thiophene rings is 1. The third kappa shape index (κ3) is 3.66. The van der Waals surface area contributed by atoms with Crippen LogP contribution in [0.15, 0.2) is 41.5 Å². The predicted octanol–water partition coefficient (Wildman–Crippen LogP) is 4.64. The molecule has 1 amide bonds. The number of fused-ring (bicyclic) bond motifs is 1. The van der Waals surface area contributed by atoms with E-state index in [1.54, 1.807) is 26.4 Å². The summed E-state index contributed by atoms with van der Waals surface area (Å²) in [6.07, 6.45) is 1.53. The fourth-order valence-electron chi connectivity index (χ4n) is 2.47. The molecule has 0 spiro atoms. The molecule has 0 aliphatic carbocycles. The van der Waals surface area contributed by atoms with Gasteiger partial charge in [-0.2, -0.15) is 5.10 Å². The van der Waals surface area contributed by atoms with Gasteiger partial charge in [0.15, 0.2) is 11.5 Å². The third-order valence-corrected chi connectivity index (χ3v) is 5.43. The minimum atomic E-state index is -0.342. The fourth-order valence-corrected chi connectivity index (χ4v) is 3.97. The van der Waals surface area contributed by atoms with Crippen molar-refractivity contribution < 1.29 is 14.3 Å². The second-order valence-electron chi connectivity index (χ2n) is 5.56. The van der Waals surface area contributed by atoms with E-state index in [-0.39, 0.29) is 5.91 Å². The molecule has 26 heavy (non-hydrogen) atoms. The Labute approximate surface area is 160 Å². The van der Waals surface area contributed by atoms with E-state index in [1.165, 1.54) is 17.6 Å². The monoisotopic (exact) mass is 388 g/mol. The highest BCUT2D eigenvalue weighted by molar-refractivity contribution is 7.21. The van der Waals surface area contributed by atoms with E-state index in [1.807, 2.05) is 31.2 Å². The lowest BCUT2D eigenvalue weighted by atomic mass is 10.2. The van der Waals surface area contributed by atoms with Gasteiger partial charge in [-0.25, -0.2) is 5.43 Å². The number of benzene rings is 2. The van der Waals surface area contributed by atoms with Crippen LogP contribution in [0.3, 0.4) is 0 Å². The molecule has 1 N–H and O–H groups in total. The molecular weight excluding hydrogens is 372 g/mol. The van der Waals surface area contributed by atoms with Crippen molar-refractivity contribution in [3.8, 4) is 11.5 Å². The fraction of sp³-hybridized carbons (Fsp3) is 0.158. The number of amides is 1. The molecule has 0 saturated carbocycles. The molecule has 0 bridgehead atoms. The second kappa shape index (κ2) is 7.76. The molecular formula is C19H17ClN2O3S. The molecule has 5 nitrogen and oxygen atoms in total. The third-order valence-electron chi connectivity index (χ3n) is 3.78. The summed E-state index contributed by atoms with van der Waals surface area (Å²) in [5.41, 5.74) is 4.40. The number of hydrazone groups is 1. The second-order valence-corrected chi connectivity index (χ2v) is 6.99. The van der Waals surface area contributed by atoms with Crippen LogP contribution in [-0.2, 0) is 0 Å². The lowest BCUT2D eigenvalue weighted by Gasteiger charge is -2.07. The Morgan fingerprint density at radius 2 is 1.92 bits per heavy atom. The first-order valence-electron chi connectivity index (χ1n) is 7.77. The minimum Gasteiger partial charge on any atom is -0.493 e. The SMILES string of the molecule is COc1ccc(/C=N/NC(=O)c2sc3cc(C)ccc3c2Cl)cc1OC. The number of carbonyl (C=O) groups excluding carboxylic acids is 1. The first kappa shape index (κ1) is 18.2. The highest BCUT2D eigenvalue weighted by Gasteiger charge is 2.16. The topological polar surface area (TPSA) is 59.9 Å². The Hall–Kier alpha value is -2.57. The van der Waals surface area contributed by atoms with Crippen molar-refractivity contribution in [3.63, 3.8) is 0 Å². The number of methoxy groups -OCH3 is 2. The molecule has 1 heterocycles. The molecule has 3 rings (SSSR count). The summed E-state index contributed by atoms with van der Waals surface area (Å²) in [5.74, 6) is 0.873. The number of nitrogens with one attached hydrogen (secondary N) is 1. The minimum absolute atomic E-state index is 0.342. The van der Waals surface area contributed by atoms with E-state index in [2.05, 4.69) is 10.5 Å². The average Bonchev–Trinajstić information content (AvgIpc) is 2.97. The van der Waals surface area contributed by atoms with Crippen molar-refractivity contribution in [3.05, 3.63) is 57.4 Å². The Morgan fingerprint density at radius 3 is 2.65 bits per heavy atom. The van der Waals surface area contributed by atoms with Crippen LogP contribution in [-0.4, -0.2) is 26.3 Å². The molecule has 0 aliphatic rings. The maximum atomic E-state index is 12.4. The number of nitrogens with zero attached hydrogens (tertiary/aromatic N) is 1. The summed E-state index contributed by atoms with van der Waals surface area (Å²) in [6.45, 7) is 2.00. The number of carbonyl (C=O) groups is 1. The summed E-state index contributed by atoms with van der Waals surface area (Å²) >= 11 is 7.69. The zero-order valence-electron chi connectivity index (χ0n) is 14.5. The molecule has 134 valence electrons. The quantitative estimate of drug-likeness (QED) is 0.511. The molecule has 7 heteroatoms. The van der Waals surface area contributed by atoms with Crippen LogP contribution in [0.2, 0.25) is 5.02 Å². The van der Waals surface area contributed by atoms with Gasteiger partial charge in [0, 0.05) is 10.1 Å². The lowest BCUT2D eigenvalue weighted by molar-refractivity contribution is 0.0959. The Balaban J connectivity index is 1.76. The maximum Gasteiger partial charge on any atom is 0.283 e. The molecule has 3 aromatic rings. The average molecular weight is 389 g/mol. The van der Waals surface area contributed by atoms with Crippen LogP contribution in [0, 0.1) is 6.92 Å². The van der Waals surface area contributed by atoms with Crippen LogP contribution in [0.25, 0.3) is 10.1 Å². The molecule has 0 saturated heterocycles. The van der Waals surface area contributed by atoms with Crippen LogP contribution in [0.4, 0.5) is 0 Å². The summed E-state index contributed by atoms with van der Waals surface area (Å²) in [6, 6.07) is 11.3. The lowest BCUT2D eigenvalue weighted by Crippen LogP contribution is -2.16. The van der Waals surface area contributed by atoms with Crippen LogP contribution in [0.1, 0.15) is 20.8 Å². The van der Waals surface area contributed by atoms with Crippen LogP contribution >= 0.6 is 22.9 Å². The highest BCUT2D eigenvalue weighted by Crippen LogP contribution is 2.35. The number of halogens is 1. The molecule has 0 aliphatic heterocycles. The molecule has 0 atom stereocenters. The molecule has 0 radical (unpaired) electrons. The molecule has 2 aromatic carbocycles. The Morgan fingerprint density at radius 1 is 1.15 bits per heavy atom. The Kier molecular flexibility index (Phi) is 5.44. The van der Waals surface area contributed by atoms with Gasteiger partial charge in [-0.15, -0.1) is 11.3 Å². The Bertz CT molecular complexity index is 998. The normalized spacial score (nSPS) is 11.1. The van der Waals surface area contributed by atoms with Crippen molar-refractivity contribution in [1.29, 1.82) is 0 Å². The largest absolute Gasteiger partial charge is 0.493 e. The van der Waals surface area contributed by atoms with Crippen molar-refractivity contribution in [2.24, 2.45) is 5.10 Å². The standard InChI is InChI=1S/C19H17ClN2O3S/c1-11-4-6-13-16(8-11)26-18(17(13)20)19(23)22-21-10-12-5-7-14(24-2)15(9-12)25-3/h4-10H,1-3H3,(H,22,23)/b21-10+. The van der Waals surface area contributed by atoms with Crippen molar-refractivity contribution in [2.75, 3.05) is 14.2 Å². The maximum absolute atomic E-state index is 12.4. The van der Waals surface area contributed by atoms with E-state index in [0.29, 0.717) is 21.4 Å². The summed E-state index contributed by atoms with van der Waals surface area (Å²) in [7, 11) is 3.13. The van der Waals surface area contributed by atoms with E-state index in [0.717, 1.165) is 21.2 Å². The van der Waals surface area contributed by atoms with E-state index in [4.69, 9.17) is 21.1 Å². The van der Waals surface area contributed by atoms with Gasteiger partial charge in [-0.05, 0) is 42.3 Å². The highest BCUT2D eigenvalue weighted by atomic mass is 35.5. The van der Waals surface area contributed by atoms with E-state index >= 15 is 0 Å². The number of rotatable bonds is 5. The van der Waals surface area contributed by atoms with Crippen LogP contribution < -0.4 is 14.9 Å². The molecule has 1 aromatic heterocycles. The number of hydrogen-bond acceptors (Lipinski definition) is 5. The van der Waals surface area contributed by atoms with Gasteiger partial charge in [-0.3, -0.25) is 4.79 Å². The number of ether oxygens (including phenoxy) is 2. The predicted molar refractivity (Wildman–Crippen MR) is 106 cm³/mol. The van der Waals surface area contributed by atoms with Gasteiger partial charge in [0.2, 0.25) is 0 Å². The first-order chi connectivity index (χ1) is 12.5. The zero-order chi connectivity index (χ0) is 18.7. The summed E-state index contributed by atoms with van der Waals surface area (Å²) in [5, 5.41) is 5.32. The van der Waals surface area contributed by atoms with Gasteiger partial charge < -0.3 is 9.47 Å². The van der Waals surface area contributed by atoms with Gasteiger partial charge in [0.25, 0.3) is 5.91 Å². The van der Waals surface area contributed by atoms with Gasteiger partial charge in [0.05, 0.1) is 25.5 Å². The molecule has 0 unspecified atom stereocenters. The molecule has 0 fully saturated rings. The number of hydrogen-bond donors (Lipinski definition) is 1. The summed E-state index contributed by atoms with van der Waals surface area (Å²) in [4.78, 5) is 12.8.